The van der Waals surface area contributed by atoms with Gasteiger partial charge in [0.05, 0.1) is 6.10 Å². The molecule has 0 aliphatic carbocycles. The molecule has 4 heteroatoms. The first-order chi connectivity index (χ1) is 6.91. The van der Waals surface area contributed by atoms with Crippen molar-refractivity contribution in [2.45, 2.75) is 13.0 Å². The van der Waals surface area contributed by atoms with Gasteiger partial charge in [-0.05, 0) is 35.1 Å². The van der Waals surface area contributed by atoms with Gasteiger partial charge in [-0.15, -0.1) is 0 Å². The average molecular weight is 217 g/mol. The molecule has 0 aliphatic rings. The number of aliphatic hydroxyl groups excluding tert-OH is 1. The summed E-state index contributed by atoms with van der Waals surface area (Å²) in [5.41, 5.74) is 0. The van der Waals surface area contributed by atoms with E-state index in [1.54, 1.807) is 0 Å². The quantitative estimate of drug-likeness (QED) is 0.609. The predicted octanol–water partition coefficient (Wildman–Crippen LogP) is -0.208. The number of aliphatic hydroxyl groups is 1. The van der Waals surface area contributed by atoms with Gasteiger partial charge in [-0.25, -0.2) is 0 Å². The summed E-state index contributed by atoms with van der Waals surface area (Å²) >= 11 is 0. The lowest BCUT2D eigenvalue weighted by Crippen LogP contribution is -2.37. The molecule has 0 saturated heterocycles. The fourth-order valence-electron chi connectivity index (χ4n) is 1.37. The third-order valence-corrected chi connectivity index (χ3v) is 2.37. The van der Waals surface area contributed by atoms with Crippen LogP contribution in [-0.2, 0) is 0 Å². The van der Waals surface area contributed by atoms with Gasteiger partial charge < -0.3 is 19.8 Å². The molecule has 1 unspecified atom stereocenters. The van der Waals surface area contributed by atoms with E-state index in [4.69, 9.17) is 0 Å². The summed E-state index contributed by atoms with van der Waals surface area (Å²) in [6.07, 6.45) is -0.234. The molecule has 0 spiro atoms. The van der Waals surface area contributed by atoms with Gasteiger partial charge in [-0.2, -0.15) is 0 Å². The maximum atomic E-state index is 9.20. The third kappa shape index (κ3) is 10.1. The van der Waals surface area contributed by atoms with Crippen molar-refractivity contribution in [3.8, 4) is 0 Å². The highest BCUT2D eigenvalue weighted by molar-refractivity contribution is 4.60. The van der Waals surface area contributed by atoms with E-state index in [1.807, 2.05) is 14.0 Å². The number of likely N-dealkylation sites (N-methyl/N-ethyl adjacent to an activating group) is 3. The molecule has 0 aromatic carbocycles. The molecule has 0 rings (SSSR count). The summed E-state index contributed by atoms with van der Waals surface area (Å²) < 4.78 is 0. The molecule has 0 amide bonds. The van der Waals surface area contributed by atoms with E-state index in [2.05, 4.69) is 35.8 Å². The molecule has 0 radical (unpaired) electrons. The Balaban J connectivity index is 3.48. The molecule has 0 aliphatic heterocycles. The van der Waals surface area contributed by atoms with Gasteiger partial charge in [0.15, 0.2) is 0 Å². The summed E-state index contributed by atoms with van der Waals surface area (Å²) in [6.45, 7) is 6.83. The van der Waals surface area contributed by atoms with Crippen LogP contribution in [0.25, 0.3) is 0 Å². The Hall–Kier alpha value is -0.160. The van der Waals surface area contributed by atoms with Crippen molar-refractivity contribution in [3.05, 3.63) is 0 Å². The molecule has 0 fully saturated rings. The van der Waals surface area contributed by atoms with Crippen molar-refractivity contribution in [3.63, 3.8) is 0 Å². The molecule has 0 saturated carbocycles. The normalized spacial score (nSPS) is 14.2. The highest BCUT2D eigenvalue weighted by Gasteiger charge is 2.04. The number of hydrogen-bond acceptors (Lipinski definition) is 4. The maximum Gasteiger partial charge on any atom is 0.0638 e. The minimum Gasteiger partial charge on any atom is -0.392 e. The lowest BCUT2D eigenvalue weighted by molar-refractivity contribution is 0.134. The van der Waals surface area contributed by atoms with Crippen molar-refractivity contribution >= 4 is 0 Å². The van der Waals surface area contributed by atoms with Crippen LogP contribution in [-0.4, -0.2) is 86.8 Å². The summed E-state index contributed by atoms with van der Waals surface area (Å²) in [5.74, 6) is 0. The van der Waals surface area contributed by atoms with E-state index >= 15 is 0 Å². The van der Waals surface area contributed by atoms with Crippen LogP contribution >= 0.6 is 0 Å². The van der Waals surface area contributed by atoms with Crippen molar-refractivity contribution in [1.29, 1.82) is 0 Å². The van der Waals surface area contributed by atoms with Crippen LogP contribution < -0.4 is 0 Å². The van der Waals surface area contributed by atoms with Crippen molar-refractivity contribution in [1.82, 2.24) is 14.7 Å². The molecule has 0 bridgehead atoms. The second kappa shape index (κ2) is 8.05. The monoisotopic (exact) mass is 217 g/mol. The van der Waals surface area contributed by atoms with Gasteiger partial charge in [0.2, 0.25) is 0 Å². The topological polar surface area (TPSA) is 30.0 Å². The first-order valence-corrected chi connectivity index (χ1v) is 5.61. The molecule has 0 heterocycles. The summed E-state index contributed by atoms with van der Waals surface area (Å²) in [5, 5.41) is 9.20. The molecule has 4 nitrogen and oxygen atoms in total. The fraction of sp³-hybridized carbons (Fsp3) is 1.00. The SMILES string of the molecule is CC(O)CN(C)CCN(C)CCN(C)C. The van der Waals surface area contributed by atoms with Crippen molar-refractivity contribution < 1.29 is 5.11 Å². The number of hydrogen-bond donors (Lipinski definition) is 1. The van der Waals surface area contributed by atoms with Gasteiger partial charge in [0.1, 0.15) is 0 Å². The standard InChI is InChI=1S/C11H27N3O/c1-11(15)10-14(5)9-8-13(4)7-6-12(2)3/h11,15H,6-10H2,1-5H3. The Bertz CT molecular complexity index is 151. The zero-order valence-electron chi connectivity index (χ0n) is 10.9. The second-order valence-corrected chi connectivity index (χ2v) is 4.72. The van der Waals surface area contributed by atoms with Crippen LogP contribution in [0.2, 0.25) is 0 Å². The molecule has 0 aromatic rings. The fourth-order valence-corrected chi connectivity index (χ4v) is 1.37. The zero-order valence-corrected chi connectivity index (χ0v) is 10.9. The Kier molecular flexibility index (Phi) is 7.96. The van der Waals surface area contributed by atoms with Gasteiger partial charge in [0, 0.05) is 32.7 Å². The molecular weight excluding hydrogens is 190 g/mol. The third-order valence-electron chi connectivity index (χ3n) is 2.37. The highest BCUT2D eigenvalue weighted by atomic mass is 16.3. The lowest BCUT2D eigenvalue weighted by atomic mass is 10.3. The first-order valence-electron chi connectivity index (χ1n) is 5.61. The Morgan fingerprint density at radius 1 is 0.867 bits per heavy atom. The van der Waals surface area contributed by atoms with Crippen LogP contribution in [0.5, 0.6) is 0 Å². The first kappa shape index (κ1) is 14.8. The average Bonchev–Trinajstić information content (AvgIpc) is 2.10. The Morgan fingerprint density at radius 2 is 1.33 bits per heavy atom. The number of nitrogens with zero attached hydrogens (tertiary/aromatic N) is 3. The van der Waals surface area contributed by atoms with Crippen molar-refractivity contribution in [2.24, 2.45) is 0 Å². The lowest BCUT2D eigenvalue weighted by Gasteiger charge is -2.23. The molecule has 15 heavy (non-hydrogen) atoms. The van der Waals surface area contributed by atoms with Crippen LogP contribution in [0.15, 0.2) is 0 Å². The van der Waals surface area contributed by atoms with E-state index in [0.717, 1.165) is 32.7 Å². The van der Waals surface area contributed by atoms with Crippen molar-refractivity contribution in [2.75, 3.05) is 60.9 Å². The Labute approximate surface area is 94.5 Å². The van der Waals surface area contributed by atoms with Gasteiger partial charge in [-0.1, -0.05) is 0 Å². The molecule has 0 aromatic heterocycles. The highest BCUT2D eigenvalue weighted by Crippen LogP contribution is 1.90. The zero-order chi connectivity index (χ0) is 11.8. The minimum atomic E-state index is -0.234. The molecular formula is C11H27N3O. The van der Waals surface area contributed by atoms with E-state index in [1.165, 1.54) is 0 Å². The van der Waals surface area contributed by atoms with E-state index in [9.17, 15) is 5.11 Å². The molecule has 92 valence electrons. The van der Waals surface area contributed by atoms with E-state index < -0.39 is 0 Å². The van der Waals surface area contributed by atoms with Gasteiger partial charge >= 0.3 is 0 Å². The van der Waals surface area contributed by atoms with E-state index in [0.29, 0.717) is 0 Å². The smallest absolute Gasteiger partial charge is 0.0638 e. The minimum absolute atomic E-state index is 0.234. The molecule has 1 N–H and O–H groups in total. The summed E-state index contributed by atoms with van der Waals surface area (Å²) in [7, 11) is 8.37. The van der Waals surface area contributed by atoms with Gasteiger partial charge in [-0.3, -0.25) is 0 Å². The van der Waals surface area contributed by atoms with Gasteiger partial charge in [0.25, 0.3) is 0 Å². The van der Waals surface area contributed by atoms with Crippen LogP contribution in [0, 0.1) is 0 Å². The Morgan fingerprint density at radius 3 is 1.80 bits per heavy atom. The summed E-state index contributed by atoms with van der Waals surface area (Å²) in [6, 6.07) is 0. The van der Waals surface area contributed by atoms with Crippen LogP contribution in [0.1, 0.15) is 6.92 Å². The predicted molar refractivity (Wildman–Crippen MR) is 65.2 cm³/mol. The van der Waals surface area contributed by atoms with E-state index in [-0.39, 0.29) is 6.10 Å². The second-order valence-electron chi connectivity index (χ2n) is 4.72. The maximum absolute atomic E-state index is 9.20. The largest absolute Gasteiger partial charge is 0.392 e. The summed E-state index contributed by atoms with van der Waals surface area (Å²) in [4.78, 5) is 6.67. The number of rotatable bonds is 8. The van der Waals surface area contributed by atoms with Crippen LogP contribution in [0.3, 0.4) is 0 Å². The molecule has 1 atom stereocenters. The van der Waals surface area contributed by atoms with Crippen LogP contribution in [0.4, 0.5) is 0 Å².